The Kier molecular flexibility index (Phi) is 4.90. The van der Waals surface area contributed by atoms with Gasteiger partial charge in [-0.15, -0.1) is 0 Å². The largest absolute Gasteiger partial charge is 0.496 e. The Morgan fingerprint density at radius 3 is 2.86 bits per heavy atom. The molecule has 1 aromatic heterocycles. The zero-order chi connectivity index (χ0) is 15.4. The minimum atomic E-state index is -0.419. The van der Waals surface area contributed by atoms with E-state index < -0.39 is 6.04 Å². The summed E-state index contributed by atoms with van der Waals surface area (Å²) in [6.45, 7) is 1.76. The summed E-state index contributed by atoms with van der Waals surface area (Å²) >= 11 is 3.27. The number of halogens is 2. The van der Waals surface area contributed by atoms with Gasteiger partial charge in [-0.05, 0) is 53.2 Å². The number of amides is 1. The van der Waals surface area contributed by atoms with Gasteiger partial charge in [0.2, 0.25) is 0 Å². The standard InChI is InChI=1S/C15H14BrFN2O2/c1-9(11-8-10(17)5-6-13(11)21-2)19-15(20)14-12(16)4-3-7-18-14/h3-9H,1-2H3,(H,19,20). The number of ether oxygens (including phenoxy) is 1. The van der Waals surface area contributed by atoms with Crippen molar-refractivity contribution in [3.05, 3.63) is 58.1 Å². The van der Waals surface area contributed by atoms with Gasteiger partial charge in [0.15, 0.2) is 0 Å². The van der Waals surface area contributed by atoms with Crippen molar-refractivity contribution < 1.29 is 13.9 Å². The number of carbonyl (C=O) groups is 1. The van der Waals surface area contributed by atoms with E-state index in [0.29, 0.717) is 15.8 Å². The Labute approximate surface area is 130 Å². The van der Waals surface area contributed by atoms with Crippen LogP contribution in [0.25, 0.3) is 0 Å². The lowest BCUT2D eigenvalue weighted by molar-refractivity contribution is 0.0933. The van der Waals surface area contributed by atoms with Gasteiger partial charge in [0.1, 0.15) is 17.3 Å². The maximum absolute atomic E-state index is 13.4. The van der Waals surface area contributed by atoms with Crippen LogP contribution in [0.4, 0.5) is 4.39 Å². The smallest absolute Gasteiger partial charge is 0.271 e. The summed E-state index contributed by atoms with van der Waals surface area (Å²) in [7, 11) is 1.50. The van der Waals surface area contributed by atoms with E-state index in [1.54, 1.807) is 19.1 Å². The molecule has 1 unspecified atom stereocenters. The third-order valence-corrected chi connectivity index (χ3v) is 3.62. The predicted octanol–water partition coefficient (Wildman–Crippen LogP) is 3.48. The molecule has 1 heterocycles. The number of carbonyl (C=O) groups excluding carboxylic acids is 1. The van der Waals surface area contributed by atoms with Gasteiger partial charge in [-0.25, -0.2) is 9.37 Å². The highest BCUT2D eigenvalue weighted by molar-refractivity contribution is 9.10. The van der Waals surface area contributed by atoms with Crippen molar-refractivity contribution in [2.75, 3.05) is 7.11 Å². The number of nitrogens with one attached hydrogen (secondary N) is 1. The summed E-state index contributed by atoms with van der Waals surface area (Å²) in [6.07, 6.45) is 1.53. The van der Waals surface area contributed by atoms with Gasteiger partial charge in [0.05, 0.1) is 13.2 Å². The molecule has 0 aliphatic carbocycles. The van der Waals surface area contributed by atoms with E-state index in [2.05, 4.69) is 26.2 Å². The van der Waals surface area contributed by atoms with Crippen molar-refractivity contribution in [1.29, 1.82) is 0 Å². The minimum absolute atomic E-state index is 0.278. The van der Waals surface area contributed by atoms with Crippen LogP contribution in [0.5, 0.6) is 5.75 Å². The lowest BCUT2D eigenvalue weighted by atomic mass is 10.1. The summed E-state index contributed by atoms with van der Waals surface area (Å²) in [5.74, 6) is -0.212. The van der Waals surface area contributed by atoms with E-state index in [4.69, 9.17) is 4.74 Å². The fourth-order valence-electron chi connectivity index (χ4n) is 1.94. The first kappa shape index (κ1) is 15.4. The van der Waals surface area contributed by atoms with Crippen LogP contribution in [-0.2, 0) is 0 Å². The molecule has 0 aliphatic heterocycles. The van der Waals surface area contributed by atoms with Crippen molar-refractivity contribution in [3.8, 4) is 5.75 Å². The fraction of sp³-hybridized carbons (Fsp3) is 0.200. The van der Waals surface area contributed by atoms with E-state index in [-0.39, 0.29) is 17.4 Å². The Morgan fingerprint density at radius 2 is 2.19 bits per heavy atom. The topological polar surface area (TPSA) is 51.2 Å². The first-order valence-corrected chi connectivity index (χ1v) is 7.07. The van der Waals surface area contributed by atoms with E-state index in [1.807, 2.05) is 0 Å². The molecule has 1 aromatic carbocycles. The zero-order valence-electron chi connectivity index (χ0n) is 11.6. The molecule has 0 aliphatic rings. The molecule has 1 N–H and O–H groups in total. The molecule has 0 saturated carbocycles. The second-order valence-corrected chi connectivity index (χ2v) is 5.27. The fourth-order valence-corrected chi connectivity index (χ4v) is 2.37. The molecule has 1 amide bonds. The third-order valence-electron chi connectivity index (χ3n) is 2.98. The Bertz CT molecular complexity index is 664. The zero-order valence-corrected chi connectivity index (χ0v) is 13.1. The average Bonchev–Trinajstić information content (AvgIpc) is 2.47. The lowest BCUT2D eigenvalue weighted by Crippen LogP contribution is -2.28. The van der Waals surface area contributed by atoms with Crippen LogP contribution in [0.2, 0.25) is 0 Å². The van der Waals surface area contributed by atoms with E-state index in [1.165, 1.54) is 31.5 Å². The second kappa shape index (κ2) is 6.67. The SMILES string of the molecule is COc1ccc(F)cc1C(C)NC(=O)c1ncccc1Br. The van der Waals surface area contributed by atoms with Crippen LogP contribution < -0.4 is 10.1 Å². The Balaban J connectivity index is 2.22. The maximum atomic E-state index is 13.4. The molecule has 0 bridgehead atoms. The molecular formula is C15H14BrFN2O2. The van der Waals surface area contributed by atoms with Crippen LogP contribution in [-0.4, -0.2) is 18.0 Å². The van der Waals surface area contributed by atoms with Crippen LogP contribution >= 0.6 is 15.9 Å². The first-order chi connectivity index (χ1) is 10.0. The molecule has 4 nitrogen and oxygen atoms in total. The molecule has 21 heavy (non-hydrogen) atoms. The molecule has 0 radical (unpaired) electrons. The third kappa shape index (κ3) is 3.58. The number of hydrogen-bond acceptors (Lipinski definition) is 3. The van der Waals surface area contributed by atoms with Crippen molar-refractivity contribution in [2.24, 2.45) is 0 Å². The normalized spacial score (nSPS) is 11.8. The summed E-state index contributed by atoms with van der Waals surface area (Å²) in [6, 6.07) is 7.22. The molecule has 1 atom stereocenters. The maximum Gasteiger partial charge on any atom is 0.271 e. The van der Waals surface area contributed by atoms with Crippen molar-refractivity contribution >= 4 is 21.8 Å². The summed E-state index contributed by atoms with van der Waals surface area (Å²) in [5, 5.41) is 2.78. The molecule has 6 heteroatoms. The van der Waals surface area contributed by atoms with Gasteiger partial charge < -0.3 is 10.1 Å². The monoisotopic (exact) mass is 352 g/mol. The van der Waals surface area contributed by atoms with E-state index >= 15 is 0 Å². The van der Waals surface area contributed by atoms with Crippen LogP contribution in [0.1, 0.15) is 29.0 Å². The lowest BCUT2D eigenvalue weighted by Gasteiger charge is -2.17. The number of aromatic nitrogens is 1. The van der Waals surface area contributed by atoms with E-state index in [0.717, 1.165) is 0 Å². The molecule has 110 valence electrons. The molecule has 0 fully saturated rings. The second-order valence-electron chi connectivity index (χ2n) is 4.42. The number of methoxy groups -OCH3 is 1. The van der Waals surface area contributed by atoms with Crippen LogP contribution in [0, 0.1) is 5.82 Å². The molecule has 0 saturated heterocycles. The highest BCUT2D eigenvalue weighted by atomic mass is 79.9. The van der Waals surface area contributed by atoms with Crippen molar-refractivity contribution in [2.45, 2.75) is 13.0 Å². The van der Waals surface area contributed by atoms with E-state index in [9.17, 15) is 9.18 Å². The number of benzene rings is 1. The Morgan fingerprint density at radius 1 is 1.43 bits per heavy atom. The van der Waals surface area contributed by atoms with Gasteiger partial charge in [0.25, 0.3) is 5.91 Å². The predicted molar refractivity (Wildman–Crippen MR) is 80.8 cm³/mol. The number of pyridine rings is 1. The highest BCUT2D eigenvalue weighted by Crippen LogP contribution is 2.26. The first-order valence-electron chi connectivity index (χ1n) is 6.27. The molecule has 2 rings (SSSR count). The van der Waals surface area contributed by atoms with Crippen LogP contribution in [0.15, 0.2) is 41.0 Å². The Hall–Kier alpha value is -1.95. The summed E-state index contributed by atoms with van der Waals surface area (Å²) in [4.78, 5) is 16.2. The van der Waals surface area contributed by atoms with Gasteiger partial charge in [-0.1, -0.05) is 0 Å². The quantitative estimate of drug-likeness (QED) is 0.916. The summed E-state index contributed by atoms with van der Waals surface area (Å²) in [5.41, 5.74) is 0.845. The number of nitrogens with zero attached hydrogens (tertiary/aromatic N) is 1. The van der Waals surface area contributed by atoms with Gasteiger partial charge in [-0.3, -0.25) is 4.79 Å². The van der Waals surface area contributed by atoms with Crippen LogP contribution in [0.3, 0.4) is 0 Å². The highest BCUT2D eigenvalue weighted by Gasteiger charge is 2.18. The summed E-state index contributed by atoms with van der Waals surface area (Å²) < 4.78 is 19.2. The molecule has 2 aromatic rings. The van der Waals surface area contributed by atoms with Gasteiger partial charge in [0, 0.05) is 16.2 Å². The number of rotatable bonds is 4. The van der Waals surface area contributed by atoms with Gasteiger partial charge in [-0.2, -0.15) is 0 Å². The average molecular weight is 353 g/mol. The minimum Gasteiger partial charge on any atom is -0.496 e. The number of hydrogen-bond donors (Lipinski definition) is 1. The van der Waals surface area contributed by atoms with Gasteiger partial charge >= 0.3 is 0 Å². The molecular weight excluding hydrogens is 339 g/mol. The van der Waals surface area contributed by atoms with Crippen molar-refractivity contribution in [1.82, 2.24) is 10.3 Å². The molecule has 0 spiro atoms. The van der Waals surface area contributed by atoms with Crippen molar-refractivity contribution in [3.63, 3.8) is 0 Å².